The summed E-state index contributed by atoms with van der Waals surface area (Å²) in [6.45, 7) is 1.95. The van der Waals surface area contributed by atoms with Crippen LogP contribution >= 0.6 is 11.6 Å². The Balaban J connectivity index is 1.86. The van der Waals surface area contributed by atoms with Gasteiger partial charge >= 0.3 is 159 Å². The molecule has 0 atom stereocenters. The average molecular weight is 411 g/mol. The van der Waals surface area contributed by atoms with Gasteiger partial charge in [0.15, 0.2) is 0 Å². The first-order valence-electron chi connectivity index (χ1n) is 7.29. The molecule has 0 unspecified atom stereocenters. The Morgan fingerprint density at radius 2 is 1.68 bits per heavy atom. The molecular weight excluding hydrogens is 399 g/mol. The van der Waals surface area contributed by atoms with Gasteiger partial charge in [0.2, 0.25) is 0 Å². The number of para-hydroxylation sites is 1. The molecule has 2 aromatic carbocycles. The van der Waals surface area contributed by atoms with Gasteiger partial charge in [-0.15, -0.1) is 0 Å². The molecule has 0 amide bonds. The van der Waals surface area contributed by atoms with Crippen LogP contribution in [0.2, 0.25) is 5.02 Å². The Bertz CT molecular complexity index is 932. The standard InChI is InChI=1S/C17H12AsClN6/c1-10-3-2-4-13(19)14(10)22-17-24-15(18)23-16(25-17)21-12-7-5-11(9-20)6-8-12/h2-8H,1H3,(H2,21,22,23,24,25). The summed E-state index contributed by atoms with van der Waals surface area (Å²) in [5, 5.41) is 15.7. The zero-order valence-corrected chi connectivity index (χ0v) is 15.8. The molecule has 8 heteroatoms. The Labute approximate surface area is 158 Å². The summed E-state index contributed by atoms with van der Waals surface area (Å²) in [5.74, 6) is 0.778. The van der Waals surface area contributed by atoms with Gasteiger partial charge in [0, 0.05) is 0 Å². The number of aromatic nitrogens is 3. The number of rotatable bonds is 4. The van der Waals surface area contributed by atoms with E-state index in [9.17, 15) is 0 Å². The molecule has 25 heavy (non-hydrogen) atoms. The molecule has 6 nitrogen and oxygen atoms in total. The van der Waals surface area contributed by atoms with Crippen molar-refractivity contribution in [3.63, 3.8) is 0 Å². The SMILES string of the molecule is Cc1cccc(Cl)c1Nc1nc([As])nc(Nc2ccc(C#N)cc2)n1. The normalized spacial score (nSPS) is 10.2. The number of anilines is 4. The number of hydrogen-bond acceptors (Lipinski definition) is 6. The molecule has 122 valence electrons. The fraction of sp³-hybridized carbons (Fsp3) is 0.0588. The molecule has 0 spiro atoms. The van der Waals surface area contributed by atoms with Crippen LogP contribution in [-0.2, 0) is 0 Å². The van der Waals surface area contributed by atoms with Crippen LogP contribution in [-0.4, -0.2) is 31.8 Å². The van der Waals surface area contributed by atoms with Gasteiger partial charge < -0.3 is 0 Å². The van der Waals surface area contributed by atoms with E-state index in [1.165, 1.54) is 0 Å². The summed E-state index contributed by atoms with van der Waals surface area (Å²) >= 11 is 8.52. The van der Waals surface area contributed by atoms with Gasteiger partial charge in [-0.1, -0.05) is 0 Å². The van der Waals surface area contributed by atoms with E-state index in [0.29, 0.717) is 27.1 Å². The number of benzene rings is 2. The molecule has 2 N–H and O–H groups in total. The second-order valence-corrected chi connectivity index (χ2v) is 6.40. The zero-order chi connectivity index (χ0) is 17.8. The van der Waals surface area contributed by atoms with Gasteiger partial charge in [-0.3, -0.25) is 0 Å². The fourth-order valence-corrected chi connectivity index (χ4v) is 2.80. The van der Waals surface area contributed by atoms with Crippen molar-refractivity contribution < 1.29 is 0 Å². The average Bonchev–Trinajstić information content (AvgIpc) is 2.58. The van der Waals surface area contributed by atoms with Crippen LogP contribution in [0.15, 0.2) is 42.5 Å². The van der Waals surface area contributed by atoms with E-state index >= 15 is 0 Å². The van der Waals surface area contributed by atoms with Crippen LogP contribution in [0.5, 0.6) is 0 Å². The molecule has 0 aliphatic heterocycles. The van der Waals surface area contributed by atoms with E-state index in [-0.39, 0.29) is 0 Å². The van der Waals surface area contributed by atoms with Crippen LogP contribution in [0, 0.1) is 18.3 Å². The van der Waals surface area contributed by atoms with Gasteiger partial charge in [-0.05, 0) is 0 Å². The van der Waals surface area contributed by atoms with Crippen molar-refractivity contribution in [2.45, 2.75) is 6.92 Å². The number of nitrogens with one attached hydrogen (secondary N) is 2. The topological polar surface area (TPSA) is 86.5 Å². The monoisotopic (exact) mass is 410 g/mol. The second kappa shape index (κ2) is 7.52. The summed E-state index contributed by atoms with van der Waals surface area (Å²) in [6, 6.07) is 14.7. The molecule has 0 bridgehead atoms. The van der Waals surface area contributed by atoms with Crippen LogP contribution < -0.4 is 15.2 Å². The zero-order valence-electron chi connectivity index (χ0n) is 13.2. The Hall–Kier alpha value is -2.61. The van der Waals surface area contributed by atoms with E-state index in [1.807, 2.05) is 19.1 Å². The minimum atomic E-state index is 0.387. The van der Waals surface area contributed by atoms with Crippen molar-refractivity contribution in [3.8, 4) is 6.07 Å². The second-order valence-electron chi connectivity index (χ2n) is 5.15. The van der Waals surface area contributed by atoms with Crippen molar-refractivity contribution in [1.82, 2.24) is 15.0 Å². The first kappa shape index (κ1) is 17.2. The number of nitriles is 1. The van der Waals surface area contributed by atoms with E-state index in [0.717, 1.165) is 16.9 Å². The quantitative estimate of drug-likeness (QED) is 0.643. The van der Waals surface area contributed by atoms with Crippen LogP contribution in [0.4, 0.5) is 23.3 Å². The molecule has 0 saturated heterocycles. The van der Waals surface area contributed by atoms with Gasteiger partial charge in [-0.2, -0.15) is 0 Å². The maximum atomic E-state index is 8.85. The molecule has 3 rings (SSSR count). The fourth-order valence-electron chi connectivity index (χ4n) is 2.14. The third kappa shape index (κ3) is 4.27. The summed E-state index contributed by atoms with van der Waals surface area (Å²) in [6.07, 6.45) is 0. The van der Waals surface area contributed by atoms with Gasteiger partial charge in [-0.25, -0.2) is 0 Å². The first-order chi connectivity index (χ1) is 12.0. The number of nitrogens with zero attached hydrogens (tertiary/aromatic N) is 4. The summed E-state index contributed by atoms with van der Waals surface area (Å²) in [4.78, 5) is 12.9. The predicted octanol–water partition coefficient (Wildman–Crippen LogP) is 2.99. The summed E-state index contributed by atoms with van der Waals surface area (Å²) < 4.78 is 0.505. The van der Waals surface area contributed by atoms with E-state index in [1.54, 1.807) is 30.3 Å². The predicted molar refractivity (Wildman–Crippen MR) is 99.1 cm³/mol. The Morgan fingerprint density at radius 1 is 1.00 bits per heavy atom. The van der Waals surface area contributed by atoms with Crippen LogP contribution in [0.25, 0.3) is 0 Å². The molecule has 0 aliphatic rings. The number of hydrogen-bond donors (Lipinski definition) is 2. The number of aryl methyl sites for hydroxylation is 1. The molecule has 1 aromatic heterocycles. The van der Waals surface area contributed by atoms with E-state index in [2.05, 4.69) is 48.5 Å². The van der Waals surface area contributed by atoms with Crippen molar-refractivity contribution in [3.05, 3.63) is 58.6 Å². The van der Waals surface area contributed by atoms with Crippen LogP contribution in [0.3, 0.4) is 0 Å². The van der Waals surface area contributed by atoms with Gasteiger partial charge in [0.1, 0.15) is 0 Å². The Kier molecular flexibility index (Phi) is 5.18. The molecule has 0 saturated carbocycles. The molecule has 0 fully saturated rings. The summed E-state index contributed by atoms with van der Waals surface area (Å²) in [7, 11) is 0. The van der Waals surface area contributed by atoms with Crippen molar-refractivity contribution in [2.24, 2.45) is 0 Å². The third-order valence-corrected chi connectivity index (χ3v) is 4.09. The molecule has 3 aromatic rings. The number of halogens is 1. The molecular formula is C17H12AsClN6. The summed E-state index contributed by atoms with van der Waals surface area (Å²) in [5.41, 5.74) is 3.11. The maximum absolute atomic E-state index is 8.85. The molecule has 2 radical (unpaired) electrons. The van der Waals surface area contributed by atoms with Gasteiger partial charge in [0.05, 0.1) is 0 Å². The van der Waals surface area contributed by atoms with Gasteiger partial charge in [0.25, 0.3) is 0 Å². The van der Waals surface area contributed by atoms with E-state index < -0.39 is 0 Å². The Morgan fingerprint density at radius 3 is 2.32 bits per heavy atom. The van der Waals surface area contributed by atoms with Crippen molar-refractivity contribution in [2.75, 3.05) is 10.6 Å². The first-order valence-corrected chi connectivity index (χ1v) is 8.61. The third-order valence-electron chi connectivity index (χ3n) is 3.35. The van der Waals surface area contributed by atoms with Crippen LogP contribution in [0.1, 0.15) is 11.1 Å². The van der Waals surface area contributed by atoms with Crippen molar-refractivity contribution >= 4 is 56.3 Å². The molecule has 0 aliphatic carbocycles. The van der Waals surface area contributed by atoms with E-state index in [4.69, 9.17) is 16.9 Å². The minimum absolute atomic E-state index is 0.387. The van der Waals surface area contributed by atoms with Crippen molar-refractivity contribution in [1.29, 1.82) is 5.26 Å². The molecule has 1 heterocycles.